The Balaban J connectivity index is 1.59. The molecule has 31 heavy (non-hydrogen) atoms. The second kappa shape index (κ2) is 10.4. The van der Waals surface area contributed by atoms with Crippen LogP contribution in [0.25, 0.3) is 0 Å². The fourth-order valence-corrected chi connectivity index (χ4v) is 3.54. The van der Waals surface area contributed by atoms with E-state index in [1.165, 1.54) is 5.56 Å². The van der Waals surface area contributed by atoms with Crippen LogP contribution in [-0.4, -0.2) is 65.1 Å². The molecule has 0 spiro atoms. The van der Waals surface area contributed by atoms with Crippen molar-refractivity contribution in [3.05, 3.63) is 66.0 Å². The first-order valence-electron chi connectivity index (χ1n) is 11.3. The van der Waals surface area contributed by atoms with Gasteiger partial charge in [-0.1, -0.05) is 30.3 Å². The Bertz CT molecular complexity index is 871. The number of hydrogen-bond acceptors (Lipinski definition) is 5. The molecule has 1 fully saturated rings. The molecule has 0 saturated carbocycles. The van der Waals surface area contributed by atoms with Crippen molar-refractivity contribution < 1.29 is 15.7 Å². The van der Waals surface area contributed by atoms with Crippen molar-refractivity contribution in [2.45, 2.75) is 38.8 Å². The predicted molar refractivity (Wildman–Crippen MR) is 120 cm³/mol. The molecular formula is C24H32N4O3. The van der Waals surface area contributed by atoms with Gasteiger partial charge in [-0.3, -0.25) is 14.7 Å². The van der Waals surface area contributed by atoms with E-state index in [1.54, 1.807) is 31.1 Å². The molecular weight excluding hydrogens is 392 g/mol. The SMILES string of the molecule is [2H]CC(C)(C)OC(=O)NC(C(=O)N1CCN(CCc2ccncc2)CC1)c1ccccc1. The minimum absolute atomic E-state index is 0.0637. The van der Waals surface area contributed by atoms with E-state index in [2.05, 4.69) is 15.2 Å². The van der Waals surface area contributed by atoms with E-state index in [0.29, 0.717) is 18.7 Å². The van der Waals surface area contributed by atoms with E-state index in [4.69, 9.17) is 6.11 Å². The van der Waals surface area contributed by atoms with E-state index < -0.39 is 17.7 Å². The average Bonchev–Trinajstić information content (AvgIpc) is 2.82. The molecule has 1 N–H and O–H groups in total. The van der Waals surface area contributed by atoms with E-state index in [0.717, 1.165) is 26.1 Å². The molecule has 0 bridgehead atoms. The summed E-state index contributed by atoms with van der Waals surface area (Å²) in [7, 11) is 0. The van der Waals surface area contributed by atoms with Gasteiger partial charge in [-0.25, -0.2) is 4.79 Å². The highest BCUT2D eigenvalue weighted by Gasteiger charge is 2.31. The van der Waals surface area contributed by atoms with Gasteiger partial charge in [0.15, 0.2) is 0 Å². The monoisotopic (exact) mass is 425 g/mol. The highest BCUT2D eigenvalue weighted by atomic mass is 16.6. The third-order valence-corrected chi connectivity index (χ3v) is 5.16. The zero-order chi connectivity index (χ0) is 23.0. The van der Waals surface area contributed by atoms with Crippen molar-refractivity contribution in [1.29, 1.82) is 0 Å². The van der Waals surface area contributed by atoms with Crippen molar-refractivity contribution in [1.82, 2.24) is 20.1 Å². The first kappa shape index (κ1) is 21.3. The predicted octanol–water partition coefficient (Wildman–Crippen LogP) is 3.03. The third-order valence-electron chi connectivity index (χ3n) is 5.16. The number of benzene rings is 1. The molecule has 2 amide bonds. The lowest BCUT2D eigenvalue weighted by atomic mass is 10.1. The van der Waals surface area contributed by atoms with Crippen LogP contribution in [0, 0.1) is 0 Å². The summed E-state index contributed by atoms with van der Waals surface area (Å²) < 4.78 is 12.9. The minimum atomic E-state index is -0.922. The summed E-state index contributed by atoms with van der Waals surface area (Å²) in [5.41, 5.74) is 1.04. The van der Waals surface area contributed by atoms with Crippen molar-refractivity contribution in [3.8, 4) is 0 Å². The zero-order valence-electron chi connectivity index (χ0n) is 19.3. The van der Waals surface area contributed by atoms with Crippen molar-refractivity contribution in [3.63, 3.8) is 0 Å². The van der Waals surface area contributed by atoms with Gasteiger partial charge in [0.25, 0.3) is 0 Å². The largest absolute Gasteiger partial charge is 0.444 e. The van der Waals surface area contributed by atoms with Gasteiger partial charge in [-0.2, -0.15) is 0 Å². The number of nitrogens with one attached hydrogen (secondary N) is 1. The highest BCUT2D eigenvalue weighted by molar-refractivity contribution is 5.87. The Kier molecular flexibility index (Phi) is 7.14. The van der Waals surface area contributed by atoms with E-state index in [-0.39, 0.29) is 12.8 Å². The fourth-order valence-electron chi connectivity index (χ4n) is 3.54. The van der Waals surface area contributed by atoms with Crippen molar-refractivity contribution in [2.75, 3.05) is 32.7 Å². The third kappa shape index (κ3) is 7.07. The van der Waals surface area contributed by atoms with Gasteiger partial charge in [0, 0.05) is 46.5 Å². The summed E-state index contributed by atoms with van der Waals surface area (Å²) in [5, 5.41) is 2.72. The molecule has 1 aromatic heterocycles. The van der Waals surface area contributed by atoms with Crippen LogP contribution >= 0.6 is 0 Å². The quantitative estimate of drug-likeness (QED) is 0.770. The number of pyridine rings is 1. The lowest BCUT2D eigenvalue weighted by Gasteiger charge is -2.36. The smallest absolute Gasteiger partial charge is 0.408 e. The summed E-state index contributed by atoms with van der Waals surface area (Å²) in [6.45, 7) is 6.99. The fraction of sp³-hybridized carbons (Fsp3) is 0.458. The maximum absolute atomic E-state index is 13.3. The molecule has 7 nitrogen and oxygen atoms in total. The Labute approximate surface area is 185 Å². The number of piperazine rings is 1. The number of amides is 2. The van der Waals surface area contributed by atoms with Crippen LogP contribution in [0.15, 0.2) is 54.9 Å². The van der Waals surface area contributed by atoms with Crippen LogP contribution in [0.2, 0.25) is 0 Å². The molecule has 1 aliphatic heterocycles. The number of rotatable bonds is 6. The second-order valence-electron chi connectivity index (χ2n) is 8.41. The van der Waals surface area contributed by atoms with Crippen LogP contribution in [0.5, 0.6) is 0 Å². The van der Waals surface area contributed by atoms with Crippen LogP contribution in [0.3, 0.4) is 0 Å². The van der Waals surface area contributed by atoms with E-state index in [1.807, 2.05) is 42.5 Å². The van der Waals surface area contributed by atoms with Crippen LogP contribution in [0.4, 0.5) is 4.79 Å². The molecule has 7 heteroatoms. The number of ether oxygens (including phenoxy) is 1. The summed E-state index contributed by atoms with van der Waals surface area (Å²) in [5.74, 6) is -0.148. The summed E-state index contributed by atoms with van der Waals surface area (Å²) in [4.78, 5) is 34.0. The molecule has 1 unspecified atom stereocenters. The molecule has 2 aromatic rings. The molecule has 0 aliphatic carbocycles. The van der Waals surface area contributed by atoms with Crippen LogP contribution < -0.4 is 5.32 Å². The number of nitrogens with zero attached hydrogens (tertiary/aromatic N) is 3. The van der Waals surface area contributed by atoms with E-state index >= 15 is 0 Å². The van der Waals surface area contributed by atoms with Crippen LogP contribution in [0.1, 0.15) is 39.3 Å². The molecule has 166 valence electrons. The maximum atomic E-state index is 13.3. The Morgan fingerprint density at radius 2 is 1.81 bits per heavy atom. The normalized spacial score (nSPS) is 16.3. The zero-order valence-corrected chi connectivity index (χ0v) is 18.3. The highest BCUT2D eigenvalue weighted by Crippen LogP contribution is 2.19. The lowest BCUT2D eigenvalue weighted by molar-refractivity contribution is -0.135. The Morgan fingerprint density at radius 1 is 1.13 bits per heavy atom. The number of alkyl carbamates (subject to hydrolysis) is 1. The molecule has 3 rings (SSSR count). The maximum Gasteiger partial charge on any atom is 0.408 e. The standard InChI is InChI=1S/C24H32N4O3/c1-24(2,3)31-23(30)26-21(20-7-5-4-6-8-20)22(29)28-17-15-27(16-18-28)14-11-19-9-12-25-13-10-19/h4-10,12-13,21H,11,14-18H2,1-3H3,(H,26,30)/i1D. The summed E-state index contributed by atoms with van der Waals surface area (Å²) in [6.07, 6.45) is 3.86. The first-order chi connectivity index (χ1) is 15.4. The van der Waals surface area contributed by atoms with Gasteiger partial charge in [-0.15, -0.1) is 0 Å². The summed E-state index contributed by atoms with van der Waals surface area (Å²) in [6, 6.07) is 12.4. The average molecular weight is 426 g/mol. The van der Waals surface area contributed by atoms with Crippen LogP contribution in [-0.2, 0) is 16.0 Å². The molecule has 1 aliphatic rings. The Hall–Kier alpha value is -2.93. The number of hydrogen-bond donors (Lipinski definition) is 1. The van der Waals surface area contributed by atoms with Gasteiger partial charge in [-0.05, 0) is 50.4 Å². The topological polar surface area (TPSA) is 74.8 Å². The molecule has 1 atom stereocenters. The van der Waals surface area contributed by atoms with Gasteiger partial charge < -0.3 is 15.0 Å². The van der Waals surface area contributed by atoms with Crippen molar-refractivity contribution >= 4 is 12.0 Å². The number of carbonyl (C=O) groups excluding carboxylic acids is 2. The number of carbonyl (C=O) groups is 2. The molecule has 2 heterocycles. The minimum Gasteiger partial charge on any atom is -0.444 e. The van der Waals surface area contributed by atoms with E-state index in [9.17, 15) is 9.59 Å². The van der Waals surface area contributed by atoms with Gasteiger partial charge in [0.1, 0.15) is 11.6 Å². The first-order valence-corrected chi connectivity index (χ1v) is 10.6. The molecule has 0 radical (unpaired) electrons. The Morgan fingerprint density at radius 3 is 2.45 bits per heavy atom. The lowest BCUT2D eigenvalue weighted by Crippen LogP contribution is -2.52. The number of aromatic nitrogens is 1. The van der Waals surface area contributed by atoms with Gasteiger partial charge >= 0.3 is 6.09 Å². The second-order valence-corrected chi connectivity index (χ2v) is 8.41. The summed E-state index contributed by atoms with van der Waals surface area (Å²) >= 11 is 0. The molecule has 1 saturated heterocycles. The van der Waals surface area contributed by atoms with Gasteiger partial charge in [0.2, 0.25) is 5.91 Å². The van der Waals surface area contributed by atoms with Gasteiger partial charge in [0.05, 0.1) is 0 Å². The molecule has 1 aromatic carbocycles. The van der Waals surface area contributed by atoms with Crippen molar-refractivity contribution in [2.24, 2.45) is 0 Å².